The van der Waals surface area contributed by atoms with Crippen molar-refractivity contribution in [3.05, 3.63) is 0 Å². The number of carbonyl (C=O) groups is 1. The summed E-state index contributed by atoms with van der Waals surface area (Å²) in [5, 5.41) is 18.0. The lowest BCUT2D eigenvalue weighted by Crippen LogP contribution is -2.40. The summed E-state index contributed by atoms with van der Waals surface area (Å²) in [4.78, 5) is 11.1. The normalized spacial score (nSPS) is 36.9. The highest BCUT2D eigenvalue weighted by Crippen LogP contribution is 2.55. The van der Waals surface area contributed by atoms with Crippen LogP contribution < -0.4 is 0 Å². The molecule has 0 radical (unpaired) electrons. The Morgan fingerprint density at radius 3 is 2.31 bits per heavy atom. The minimum absolute atomic E-state index is 0.131. The van der Waals surface area contributed by atoms with Crippen molar-refractivity contribution >= 4 is 5.97 Å². The zero-order valence-electron chi connectivity index (χ0n) is 8.29. The van der Waals surface area contributed by atoms with E-state index < -0.39 is 16.8 Å². The second-order valence-corrected chi connectivity index (χ2v) is 4.58. The second-order valence-electron chi connectivity index (χ2n) is 4.58. The number of carboxylic acids is 1. The van der Waals surface area contributed by atoms with Crippen molar-refractivity contribution in [3.63, 3.8) is 0 Å². The molecular weight excluding hydrogens is 166 g/mol. The summed E-state index contributed by atoms with van der Waals surface area (Å²) in [6.07, 6.45) is 1.31. The first kappa shape index (κ1) is 10.0. The Kier molecular flexibility index (Phi) is 2.11. The van der Waals surface area contributed by atoms with E-state index in [1.807, 2.05) is 13.8 Å². The van der Waals surface area contributed by atoms with Crippen molar-refractivity contribution in [2.75, 3.05) is 0 Å². The van der Waals surface area contributed by atoms with Crippen LogP contribution in [-0.4, -0.2) is 11.1 Å². The van der Waals surface area contributed by atoms with Gasteiger partial charge in [-0.15, -0.1) is 0 Å². The van der Waals surface area contributed by atoms with Crippen LogP contribution in [0.4, 0.5) is 0 Å². The van der Waals surface area contributed by atoms with E-state index in [0.717, 1.165) is 0 Å². The molecule has 2 unspecified atom stereocenters. The zero-order chi connectivity index (χ0) is 10.3. The van der Waals surface area contributed by atoms with Crippen molar-refractivity contribution in [2.24, 2.45) is 16.7 Å². The van der Waals surface area contributed by atoms with E-state index >= 15 is 0 Å². The summed E-state index contributed by atoms with van der Waals surface area (Å²) >= 11 is 0. The lowest BCUT2D eigenvalue weighted by molar-refractivity contribution is -0.153. The highest BCUT2D eigenvalue weighted by atomic mass is 16.4. The molecule has 1 N–H and O–H groups in total. The van der Waals surface area contributed by atoms with Gasteiger partial charge in [0.05, 0.1) is 17.4 Å². The van der Waals surface area contributed by atoms with Crippen LogP contribution in [0.1, 0.15) is 33.6 Å². The van der Waals surface area contributed by atoms with Gasteiger partial charge >= 0.3 is 5.97 Å². The fourth-order valence-corrected chi connectivity index (χ4v) is 2.11. The molecule has 0 spiro atoms. The van der Waals surface area contributed by atoms with Crippen molar-refractivity contribution in [2.45, 2.75) is 33.6 Å². The zero-order valence-corrected chi connectivity index (χ0v) is 8.29. The Bertz CT molecular complexity index is 277. The topological polar surface area (TPSA) is 61.1 Å². The van der Waals surface area contributed by atoms with E-state index in [1.54, 1.807) is 6.92 Å². The Labute approximate surface area is 78.4 Å². The smallest absolute Gasteiger partial charge is 0.309 e. The van der Waals surface area contributed by atoms with Crippen LogP contribution in [0.3, 0.4) is 0 Å². The van der Waals surface area contributed by atoms with E-state index in [9.17, 15) is 4.79 Å². The third kappa shape index (κ3) is 1.13. The van der Waals surface area contributed by atoms with Gasteiger partial charge in [0.25, 0.3) is 0 Å². The van der Waals surface area contributed by atoms with E-state index in [1.165, 1.54) is 0 Å². The number of carboxylic acid groups (broad SMARTS) is 1. The number of rotatable bonds is 1. The monoisotopic (exact) mass is 181 g/mol. The Morgan fingerprint density at radius 1 is 1.54 bits per heavy atom. The fourth-order valence-electron chi connectivity index (χ4n) is 2.11. The van der Waals surface area contributed by atoms with Gasteiger partial charge in [0.1, 0.15) is 0 Å². The highest BCUT2D eigenvalue weighted by molar-refractivity contribution is 5.76. The van der Waals surface area contributed by atoms with Crippen LogP contribution in [0.25, 0.3) is 0 Å². The summed E-state index contributed by atoms with van der Waals surface area (Å²) in [5.74, 6) is -0.913. The van der Waals surface area contributed by atoms with E-state index in [-0.39, 0.29) is 5.92 Å². The third-order valence-corrected chi connectivity index (χ3v) is 3.85. The first-order valence-corrected chi connectivity index (χ1v) is 4.49. The predicted molar refractivity (Wildman–Crippen MR) is 47.9 cm³/mol. The van der Waals surface area contributed by atoms with Gasteiger partial charge in [-0.2, -0.15) is 5.26 Å². The van der Waals surface area contributed by atoms with Gasteiger partial charge in [0.2, 0.25) is 0 Å². The largest absolute Gasteiger partial charge is 0.481 e. The molecule has 1 rings (SSSR count). The summed E-state index contributed by atoms with van der Waals surface area (Å²) in [6.45, 7) is 5.50. The Hall–Kier alpha value is -1.04. The van der Waals surface area contributed by atoms with Gasteiger partial charge in [-0.3, -0.25) is 4.79 Å². The van der Waals surface area contributed by atoms with Crippen LogP contribution in [-0.2, 0) is 4.79 Å². The van der Waals surface area contributed by atoms with E-state index in [4.69, 9.17) is 10.4 Å². The highest BCUT2D eigenvalue weighted by Gasteiger charge is 2.56. The fraction of sp³-hybridized carbons (Fsp3) is 0.800. The molecule has 0 aromatic rings. The van der Waals surface area contributed by atoms with Gasteiger partial charge < -0.3 is 5.11 Å². The van der Waals surface area contributed by atoms with Gasteiger partial charge in [0.15, 0.2) is 0 Å². The summed E-state index contributed by atoms with van der Waals surface area (Å²) in [5.41, 5.74) is -1.17. The molecule has 0 heterocycles. The molecule has 72 valence electrons. The van der Waals surface area contributed by atoms with Crippen molar-refractivity contribution in [1.29, 1.82) is 5.26 Å². The summed E-state index contributed by atoms with van der Waals surface area (Å²) < 4.78 is 0. The maximum absolute atomic E-state index is 11.1. The Morgan fingerprint density at radius 2 is 2.08 bits per heavy atom. The van der Waals surface area contributed by atoms with Gasteiger partial charge in [-0.1, -0.05) is 13.8 Å². The van der Waals surface area contributed by atoms with Gasteiger partial charge in [-0.25, -0.2) is 0 Å². The van der Waals surface area contributed by atoms with Crippen LogP contribution in [0.2, 0.25) is 0 Å². The molecule has 1 aliphatic rings. The molecule has 3 heteroatoms. The van der Waals surface area contributed by atoms with Crippen LogP contribution in [0.5, 0.6) is 0 Å². The lowest BCUT2D eigenvalue weighted by Gasteiger charge is -2.35. The minimum Gasteiger partial charge on any atom is -0.481 e. The molecule has 2 atom stereocenters. The molecule has 0 bridgehead atoms. The SMILES string of the molecule is CC1(C(=O)O)CCC(C#N)C1(C)C. The van der Waals surface area contributed by atoms with E-state index in [2.05, 4.69) is 6.07 Å². The second kappa shape index (κ2) is 2.73. The number of hydrogen-bond donors (Lipinski definition) is 1. The van der Waals surface area contributed by atoms with E-state index in [0.29, 0.717) is 12.8 Å². The molecule has 0 saturated heterocycles. The average Bonchev–Trinajstić information content (AvgIpc) is 2.25. The molecule has 0 aliphatic heterocycles. The van der Waals surface area contributed by atoms with Gasteiger partial charge in [-0.05, 0) is 25.2 Å². The first-order valence-electron chi connectivity index (χ1n) is 4.49. The number of nitriles is 1. The number of nitrogens with zero attached hydrogens (tertiary/aromatic N) is 1. The molecule has 1 saturated carbocycles. The summed E-state index contributed by atoms with van der Waals surface area (Å²) in [7, 11) is 0. The van der Waals surface area contributed by atoms with Crippen molar-refractivity contribution < 1.29 is 9.90 Å². The predicted octanol–water partition coefficient (Wildman–Crippen LogP) is 2.04. The standard InChI is InChI=1S/C10H15NO2/c1-9(2)7(6-11)4-5-10(9,3)8(12)13/h7H,4-5H2,1-3H3,(H,12,13). The third-order valence-electron chi connectivity index (χ3n) is 3.85. The Balaban J connectivity index is 3.07. The number of aliphatic carboxylic acids is 1. The molecular formula is C10H15NO2. The van der Waals surface area contributed by atoms with Crippen LogP contribution in [0.15, 0.2) is 0 Å². The lowest BCUT2D eigenvalue weighted by atomic mass is 9.66. The van der Waals surface area contributed by atoms with Crippen LogP contribution >= 0.6 is 0 Å². The minimum atomic E-state index is -0.782. The van der Waals surface area contributed by atoms with Crippen molar-refractivity contribution in [1.82, 2.24) is 0 Å². The molecule has 0 aromatic heterocycles. The molecule has 13 heavy (non-hydrogen) atoms. The molecule has 3 nitrogen and oxygen atoms in total. The molecule has 0 amide bonds. The molecule has 1 aliphatic carbocycles. The quantitative estimate of drug-likeness (QED) is 0.673. The maximum atomic E-state index is 11.1. The summed E-state index contributed by atoms with van der Waals surface area (Å²) in [6, 6.07) is 2.20. The molecule has 1 fully saturated rings. The first-order chi connectivity index (χ1) is 5.86. The van der Waals surface area contributed by atoms with Crippen LogP contribution in [0, 0.1) is 28.1 Å². The maximum Gasteiger partial charge on any atom is 0.309 e. The molecule has 0 aromatic carbocycles. The number of hydrogen-bond acceptors (Lipinski definition) is 2. The van der Waals surface area contributed by atoms with Crippen molar-refractivity contribution in [3.8, 4) is 6.07 Å². The average molecular weight is 181 g/mol. The van der Waals surface area contributed by atoms with Gasteiger partial charge in [0, 0.05) is 0 Å².